The highest BCUT2D eigenvalue weighted by Crippen LogP contribution is 2.12. The second kappa shape index (κ2) is 5.06. The zero-order valence-electron chi connectivity index (χ0n) is 8.94. The fourth-order valence-electron chi connectivity index (χ4n) is 0.958. The number of hydrogen-bond donors (Lipinski definition) is 0. The number of carbonyl (C=O) groups is 1. The third-order valence-electron chi connectivity index (χ3n) is 1.88. The van der Waals surface area contributed by atoms with Crippen LogP contribution in [0.25, 0.3) is 0 Å². The van der Waals surface area contributed by atoms with Crippen LogP contribution in [0.5, 0.6) is 0 Å². The lowest BCUT2D eigenvalue weighted by atomic mass is 10.4. The van der Waals surface area contributed by atoms with Crippen molar-refractivity contribution in [1.82, 2.24) is 14.9 Å². The Balaban J connectivity index is 2.69. The standard InChI is InChI=1S/C9H13BrN4O/c1-13(2)9(15)5-14(3)8-4-7(10)11-6-12-8/h4,6H,5H2,1-3H3. The van der Waals surface area contributed by atoms with Crippen molar-refractivity contribution in [2.45, 2.75) is 0 Å². The van der Waals surface area contributed by atoms with Crippen molar-refractivity contribution < 1.29 is 4.79 Å². The first kappa shape index (κ1) is 11.9. The molecular weight excluding hydrogens is 260 g/mol. The van der Waals surface area contributed by atoms with E-state index in [-0.39, 0.29) is 5.91 Å². The highest BCUT2D eigenvalue weighted by molar-refractivity contribution is 9.10. The number of halogens is 1. The van der Waals surface area contributed by atoms with Crippen LogP contribution in [0.3, 0.4) is 0 Å². The van der Waals surface area contributed by atoms with Gasteiger partial charge in [-0.3, -0.25) is 4.79 Å². The van der Waals surface area contributed by atoms with Gasteiger partial charge in [0.2, 0.25) is 5.91 Å². The molecule has 0 atom stereocenters. The van der Waals surface area contributed by atoms with Crippen molar-refractivity contribution in [1.29, 1.82) is 0 Å². The second-order valence-electron chi connectivity index (χ2n) is 3.34. The van der Waals surface area contributed by atoms with E-state index in [0.717, 1.165) is 0 Å². The summed E-state index contributed by atoms with van der Waals surface area (Å²) in [6.07, 6.45) is 1.45. The first-order valence-corrected chi connectivity index (χ1v) is 5.19. The molecule has 1 heterocycles. The molecular formula is C9H13BrN4O. The molecule has 0 saturated carbocycles. The summed E-state index contributed by atoms with van der Waals surface area (Å²) in [4.78, 5) is 22.7. The number of carbonyl (C=O) groups excluding carboxylic acids is 1. The number of likely N-dealkylation sites (N-methyl/N-ethyl adjacent to an activating group) is 2. The van der Waals surface area contributed by atoms with Gasteiger partial charge >= 0.3 is 0 Å². The summed E-state index contributed by atoms with van der Waals surface area (Å²) in [7, 11) is 5.27. The third kappa shape index (κ3) is 3.47. The molecule has 0 unspecified atom stereocenters. The van der Waals surface area contributed by atoms with Crippen LogP contribution >= 0.6 is 15.9 Å². The summed E-state index contributed by atoms with van der Waals surface area (Å²) in [5.41, 5.74) is 0. The van der Waals surface area contributed by atoms with Gasteiger partial charge in [0.25, 0.3) is 0 Å². The monoisotopic (exact) mass is 272 g/mol. The first-order valence-electron chi connectivity index (χ1n) is 4.39. The van der Waals surface area contributed by atoms with Crippen molar-refractivity contribution in [2.75, 3.05) is 32.6 Å². The molecule has 0 fully saturated rings. The van der Waals surface area contributed by atoms with Gasteiger partial charge in [0.15, 0.2) is 0 Å². The molecule has 82 valence electrons. The van der Waals surface area contributed by atoms with Crippen LogP contribution in [0.4, 0.5) is 5.82 Å². The smallest absolute Gasteiger partial charge is 0.241 e. The Morgan fingerprint density at radius 1 is 1.40 bits per heavy atom. The van der Waals surface area contributed by atoms with E-state index >= 15 is 0 Å². The van der Waals surface area contributed by atoms with Crippen molar-refractivity contribution in [3.8, 4) is 0 Å². The van der Waals surface area contributed by atoms with Gasteiger partial charge in [0.1, 0.15) is 16.7 Å². The van der Waals surface area contributed by atoms with Gasteiger partial charge in [-0.1, -0.05) is 0 Å². The lowest BCUT2D eigenvalue weighted by Gasteiger charge is -2.19. The van der Waals surface area contributed by atoms with Crippen LogP contribution in [-0.4, -0.2) is 48.5 Å². The van der Waals surface area contributed by atoms with Crippen molar-refractivity contribution in [3.63, 3.8) is 0 Å². The summed E-state index contributed by atoms with van der Waals surface area (Å²) in [5.74, 6) is 0.749. The quantitative estimate of drug-likeness (QED) is 0.763. The maximum atomic E-state index is 11.4. The van der Waals surface area contributed by atoms with Crippen molar-refractivity contribution in [2.24, 2.45) is 0 Å². The highest BCUT2D eigenvalue weighted by atomic mass is 79.9. The van der Waals surface area contributed by atoms with Gasteiger partial charge in [0, 0.05) is 27.2 Å². The van der Waals surface area contributed by atoms with E-state index in [9.17, 15) is 4.79 Å². The molecule has 0 bridgehead atoms. The first-order chi connectivity index (χ1) is 7.00. The van der Waals surface area contributed by atoms with Crippen LogP contribution in [0.2, 0.25) is 0 Å². The van der Waals surface area contributed by atoms with Gasteiger partial charge < -0.3 is 9.80 Å². The Morgan fingerprint density at radius 2 is 2.07 bits per heavy atom. The Kier molecular flexibility index (Phi) is 4.02. The predicted molar refractivity (Wildman–Crippen MR) is 61.7 cm³/mol. The molecule has 5 nitrogen and oxygen atoms in total. The topological polar surface area (TPSA) is 49.3 Å². The van der Waals surface area contributed by atoms with Crippen LogP contribution in [0.1, 0.15) is 0 Å². The minimum atomic E-state index is 0.0345. The molecule has 0 saturated heterocycles. The maximum Gasteiger partial charge on any atom is 0.241 e. The van der Waals surface area contributed by atoms with Crippen LogP contribution in [-0.2, 0) is 4.79 Å². The highest BCUT2D eigenvalue weighted by Gasteiger charge is 2.10. The SMILES string of the molecule is CN(C)C(=O)CN(C)c1cc(Br)ncn1. The number of anilines is 1. The summed E-state index contributed by atoms with van der Waals surface area (Å²) in [6, 6.07) is 1.77. The van der Waals surface area contributed by atoms with Gasteiger partial charge in [-0.25, -0.2) is 9.97 Å². The number of rotatable bonds is 3. The average molecular weight is 273 g/mol. The molecule has 0 aliphatic rings. The average Bonchev–Trinajstić information content (AvgIpc) is 2.17. The number of aromatic nitrogens is 2. The van der Waals surface area contributed by atoms with Crippen LogP contribution < -0.4 is 4.90 Å². The maximum absolute atomic E-state index is 11.4. The molecule has 1 aromatic rings. The molecule has 0 spiro atoms. The summed E-state index contributed by atoms with van der Waals surface area (Å²) in [5, 5.41) is 0. The van der Waals surface area contributed by atoms with E-state index in [0.29, 0.717) is 17.0 Å². The van der Waals surface area contributed by atoms with E-state index in [1.54, 1.807) is 30.0 Å². The van der Waals surface area contributed by atoms with Crippen molar-refractivity contribution in [3.05, 3.63) is 17.0 Å². The number of nitrogens with zero attached hydrogens (tertiary/aromatic N) is 4. The molecule has 6 heteroatoms. The summed E-state index contributed by atoms with van der Waals surface area (Å²) < 4.78 is 0.705. The lowest BCUT2D eigenvalue weighted by molar-refractivity contribution is -0.127. The van der Waals surface area contributed by atoms with E-state index in [4.69, 9.17) is 0 Å². The van der Waals surface area contributed by atoms with E-state index < -0.39 is 0 Å². The molecule has 0 aliphatic carbocycles. The molecule has 0 radical (unpaired) electrons. The summed E-state index contributed by atoms with van der Waals surface area (Å²) >= 11 is 3.25. The Morgan fingerprint density at radius 3 is 2.60 bits per heavy atom. The molecule has 0 aliphatic heterocycles. The van der Waals surface area contributed by atoms with Gasteiger partial charge in [-0.05, 0) is 15.9 Å². The number of hydrogen-bond acceptors (Lipinski definition) is 4. The van der Waals surface area contributed by atoms with Crippen LogP contribution in [0.15, 0.2) is 17.0 Å². The van der Waals surface area contributed by atoms with Gasteiger partial charge in [-0.2, -0.15) is 0 Å². The Labute approximate surface area is 97.2 Å². The zero-order chi connectivity index (χ0) is 11.4. The van der Waals surface area contributed by atoms with E-state index in [2.05, 4.69) is 25.9 Å². The molecule has 1 rings (SSSR count). The minimum absolute atomic E-state index is 0.0345. The van der Waals surface area contributed by atoms with Crippen molar-refractivity contribution >= 4 is 27.7 Å². The normalized spacial score (nSPS) is 9.87. The second-order valence-corrected chi connectivity index (χ2v) is 4.16. The molecule has 15 heavy (non-hydrogen) atoms. The Bertz CT molecular complexity index is 356. The zero-order valence-corrected chi connectivity index (χ0v) is 10.5. The molecule has 0 N–H and O–H groups in total. The van der Waals surface area contributed by atoms with Gasteiger partial charge in [0.05, 0.1) is 6.54 Å². The third-order valence-corrected chi connectivity index (χ3v) is 2.32. The number of amides is 1. The largest absolute Gasteiger partial charge is 0.350 e. The Hall–Kier alpha value is -1.17. The van der Waals surface area contributed by atoms with E-state index in [1.165, 1.54) is 6.33 Å². The fraction of sp³-hybridized carbons (Fsp3) is 0.444. The van der Waals surface area contributed by atoms with Crippen LogP contribution in [0, 0.1) is 0 Å². The molecule has 1 aromatic heterocycles. The minimum Gasteiger partial charge on any atom is -0.350 e. The predicted octanol–water partition coefficient (Wildman–Crippen LogP) is 0.764. The van der Waals surface area contributed by atoms with E-state index in [1.807, 2.05) is 7.05 Å². The molecule has 0 aromatic carbocycles. The summed E-state index contributed by atoms with van der Waals surface area (Å²) in [6.45, 7) is 0.302. The lowest BCUT2D eigenvalue weighted by Crippen LogP contribution is -2.34. The van der Waals surface area contributed by atoms with Gasteiger partial charge in [-0.15, -0.1) is 0 Å². The fourth-order valence-corrected chi connectivity index (χ4v) is 1.25. The molecule has 1 amide bonds.